The van der Waals surface area contributed by atoms with Crippen LogP contribution < -0.4 is 5.32 Å². The van der Waals surface area contributed by atoms with Crippen LogP contribution in [0.15, 0.2) is 48.6 Å². The molecule has 0 fully saturated rings. The minimum atomic E-state index is -0.843. The molecule has 0 spiro atoms. The molecule has 0 saturated carbocycles. The molecular weight excluding hydrogens is 1030 g/mol. The minimum absolute atomic E-state index is 0.00947. The average molecular weight is 1180 g/mol. The van der Waals surface area contributed by atoms with Gasteiger partial charge in [0.25, 0.3) is 0 Å². The van der Waals surface area contributed by atoms with Crippen LogP contribution in [0.1, 0.15) is 412 Å². The third kappa shape index (κ3) is 68.9. The zero-order valence-corrected chi connectivity index (χ0v) is 56.6. The van der Waals surface area contributed by atoms with Crippen molar-refractivity contribution >= 4 is 11.9 Å². The molecule has 0 rings (SSSR count). The molecule has 0 radical (unpaired) electrons. The van der Waals surface area contributed by atoms with E-state index in [-0.39, 0.29) is 18.5 Å². The summed E-state index contributed by atoms with van der Waals surface area (Å²) < 4.78 is 5.50. The van der Waals surface area contributed by atoms with Gasteiger partial charge < -0.3 is 20.3 Å². The molecule has 0 aliphatic rings. The number of aliphatic hydroxyl groups excluding tert-OH is 2. The number of allylic oxidation sites excluding steroid dienone is 7. The Morgan fingerprint density at radius 3 is 0.917 bits per heavy atom. The van der Waals surface area contributed by atoms with Crippen LogP contribution in [0.3, 0.4) is 0 Å². The fraction of sp³-hybridized carbons (Fsp3) is 0.872. The Balaban J connectivity index is 3.38. The molecule has 0 aromatic carbocycles. The number of carbonyl (C=O) groups excluding carboxylic acids is 2. The number of hydrogen-bond acceptors (Lipinski definition) is 5. The first-order valence-corrected chi connectivity index (χ1v) is 37.9. The zero-order valence-electron chi connectivity index (χ0n) is 56.6. The van der Waals surface area contributed by atoms with Gasteiger partial charge in [-0.2, -0.15) is 0 Å². The van der Waals surface area contributed by atoms with Crippen LogP contribution in [0.2, 0.25) is 0 Å². The SMILES string of the molecule is CCCCCCCCC/C=C\CCCCCCCC(=O)OCCCCCCCCCCCCC/C=C\C/C=C\CCCCCCCCCCCCCCCCCCCC(=O)NC(CO)C(O)/C=C/CCCCCCCCCCCCCCCC. The van der Waals surface area contributed by atoms with Crippen molar-refractivity contribution < 1.29 is 24.5 Å². The lowest BCUT2D eigenvalue weighted by Crippen LogP contribution is -2.45. The quantitative estimate of drug-likeness (QED) is 0.0320. The second-order valence-corrected chi connectivity index (χ2v) is 26.0. The summed E-state index contributed by atoms with van der Waals surface area (Å²) in [6, 6.07) is -0.627. The number of ether oxygens (including phenoxy) is 1. The Morgan fingerprint density at radius 1 is 0.333 bits per heavy atom. The molecule has 84 heavy (non-hydrogen) atoms. The lowest BCUT2D eigenvalue weighted by atomic mass is 10.0. The summed E-state index contributed by atoms with van der Waals surface area (Å²) in [6.45, 7) is 4.93. The predicted molar refractivity (Wildman–Crippen MR) is 370 cm³/mol. The highest BCUT2D eigenvalue weighted by molar-refractivity contribution is 5.76. The second kappa shape index (κ2) is 73.3. The average Bonchev–Trinajstić information content (AvgIpc) is 3.51. The summed E-state index contributed by atoms with van der Waals surface area (Å²) >= 11 is 0. The molecule has 3 N–H and O–H groups in total. The smallest absolute Gasteiger partial charge is 0.305 e. The van der Waals surface area contributed by atoms with Gasteiger partial charge >= 0.3 is 5.97 Å². The lowest BCUT2D eigenvalue weighted by Gasteiger charge is -2.20. The highest BCUT2D eigenvalue weighted by atomic mass is 16.5. The Hall–Kier alpha value is -2.18. The molecule has 2 atom stereocenters. The lowest BCUT2D eigenvalue weighted by molar-refractivity contribution is -0.143. The number of nitrogens with one attached hydrogen (secondary N) is 1. The first-order valence-electron chi connectivity index (χ1n) is 37.9. The van der Waals surface area contributed by atoms with Crippen LogP contribution in [0.4, 0.5) is 0 Å². The molecule has 1 amide bonds. The van der Waals surface area contributed by atoms with E-state index in [1.165, 1.54) is 334 Å². The molecule has 6 heteroatoms. The topological polar surface area (TPSA) is 95.9 Å². The summed E-state index contributed by atoms with van der Waals surface area (Å²) in [5.74, 6) is -0.0537. The molecule has 2 unspecified atom stereocenters. The fourth-order valence-electron chi connectivity index (χ4n) is 11.8. The number of esters is 1. The molecule has 6 nitrogen and oxygen atoms in total. The number of carbonyl (C=O) groups is 2. The molecule has 0 aromatic heterocycles. The maximum Gasteiger partial charge on any atom is 0.305 e. The molecule has 0 bridgehead atoms. The molecule has 0 heterocycles. The van der Waals surface area contributed by atoms with Crippen molar-refractivity contribution in [3.05, 3.63) is 48.6 Å². The van der Waals surface area contributed by atoms with Gasteiger partial charge in [-0.15, -0.1) is 0 Å². The highest BCUT2D eigenvalue weighted by Crippen LogP contribution is 2.19. The molecule has 0 saturated heterocycles. The van der Waals surface area contributed by atoms with Crippen LogP contribution in [0.5, 0.6) is 0 Å². The molecule has 0 aliphatic heterocycles. The van der Waals surface area contributed by atoms with E-state index >= 15 is 0 Å². The first-order chi connectivity index (χ1) is 41.5. The van der Waals surface area contributed by atoms with E-state index in [4.69, 9.17) is 4.74 Å². The molecule has 0 aliphatic carbocycles. The number of aliphatic hydroxyl groups is 2. The summed E-state index contributed by atoms with van der Waals surface area (Å²) in [5, 5.41) is 23.2. The van der Waals surface area contributed by atoms with Crippen molar-refractivity contribution in [1.82, 2.24) is 5.32 Å². The van der Waals surface area contributed by atoms with E-state index in [0.29, 0.717) is 19.4 Å². The van der Waals surface area contributed by atoms with Gasteiger partial charge in [-0.05, 0) is 89.9 Å². The Bertz CT molecular complexity index is 1400. The van der Waals surface area contributed by atoms with Crippen molar-refractivity contribution in [3.8, 4) is 0 Å². The zero-order chi connectivity index (χ0) is 60.6. The van der Waals surface area contributed by atoms with Gasteiger partial charge in [0.2, 0.25) is 5.91 Å². The van der Waals surface area contributed by atoms with Crippen molar-refractivity contribution in [3.63, 3.8) is 0 Å². The maximum atomic E-state index is 12.5. The van der Waals surface area contributed by atoms with Crippen molar-refractivity contribution in [2.75, 3.05) is 13.2 Å². The van der Waals surface area contributed by atoms with E-state index in [1.807, 2.05) is 6.08 Å². The summed E-state index contributed by atoms with van der Waals surface area (Å²) in [4.78, 5) is 24.6. The van der Waals surface area contributed by atoms with E-state index < -0.39 is 12.1 Å². The van der Waals surface area contributed by atoms with E-state index in [2.05, 4.69) is 55.6 Å². The third-order valence-electron chi connectivity index (χ3n) is 17.6. The van der Waals surface area contributed by atoms with Crippen molar-refractivity contribution in [2.24, 2.45) is 0 Å². The van der Waals surface area contributed by atoms with Crippen LogP contribution in [0.25, 0.3) is 0 Å². The number of hydrogen-bond donors (Lipinski definition) is 3. The monoisotopic (exact) mass is 1180 g/mol. The van der Waals surface area contributed by atoms with Crippen LogP contribution in [0, 0.1) is 0 Å². The second-order valence-electron chi connectivity index (χ2n) is 26.0. The van der Waals surface area contributed by atoms with Crippen LogP contribution >= 0.6 is 0 Å². The number of rotatable bonds is 71. The standard InChI is InChI=1S/C78H147NO5/c1-3-5-7-9-11-13-15-17-19-42-46-50-54-58-62-66-70-76(81)75(74-80)79-77(82)71-67-63-59-55-51-47-43-40-38-36-34-32-30-28-26-24-22-21-23-25-27-29-31-33-35-37-39-41-45-49-53-57-61-65-69-73-84-78(83)72-68-64-60-56-52-48-44-20-18-16-14-12-10-8-6-4-2/h20,23,25,29,31,44,66,70,75-76,80-81H,3-19,21-22,24,26-28,30,32-43,45-65,67-69,71-74H2,1-2H3,(H,79,82)/b25-23-,31-29-,44-20-,70-66+. The molecule has 0 aromatic rings. The normalized spacial score (nSPS) is 12.8. The van der Waals surface area contributed by atoms with Gasteiger partial charge in [0, 0.05) is 12.8 Å². The van der Waals surface area contributed by atoms with E-state index in [9.17, 15) is 19.8 Å². The minimum Gasteiger partial charge on any atom is -0.466 e. The van der Waals surface area contributed by atoms with Crippen molar-refractivity contribution in [2.45, 2.75) is 424 Å². The van der Waals surface area contributed by atoms with Crippen LogP contribution in [-0.2, 0) is 14.3 Å². The predicted octanol–water partition coefficient (Wildman–Crippen LogP) is 24.8. The van der Waals surface area contributed by atoms with Crippen molar-refractivity contribution in [1.29, 1.82) is 0 Å². The van der Waals surface area contributed by atoms with Gasteiger partial charge in [-0.3, -0.25) is 9.59 Å². The third-order valence-corrected chi connectivity index (χ3v) is 17.6. The van der Waals surface area contributed by atoms with Gasteiger partial charge in [-0.25, -0.2) is 0 Å². The molecular formula is C78H147NO5. The Morgan fingerprint density at radius 2 is 0.595 bits per heavy atom. The Kier molecular flexibility index (Phi) is 71.4. The maximum absolute atomic E-state index is 12.5. The van der Waals surface area contributed by atoms with Gasteiger partial charge in [0.1, 0.15) is 0 Å². The largest absolute Gasteiger partial charge is 0.466 e. The fourth-order valence-corrected chi connectivity index (χ4v) is 11.8. The number of amides is 1. The van der Waals surface area contributed by atoms with Gasteiger partial charge in [-0.1, -0.05) is 358 Å². The summed E-state index contributed by atoms with van der Waals surface area (Å²) in [5.41, 5.74) is 0. The van der Waals surface area contributed by atoms with Gasteiger partial charge in [0.05, 0.1) is 25.4 Å². The number of unbranched alkanes of at least 4 members (excludes halogenated alkanes) is 54. The van der Waals surface area contributed by atoms with Crippen LogP contribution in [-0.4, -0.2) is 47.4 Å². The Labute approximate surface area is 525 Å². The van der Waals surface area contributed by atoms with E-state index in [0.717, 1.165) is 51.4 Å². The summed E-state index contributed by atoms with van der Waals surface area (Å²) in [7, 11) is 0. The first kappa shape index (κ1) is 81.8. The van der Waals surface area contributed by atoms with Gasteiger partial charge in [0.15, 0.2) is 0 Å². The summed E-state index contributed by atoms with van der Waals surface area (Å²) in [6.07, 6.45) is 96.5. The van der Waals surface area contributed by atoms with E-state index in [1.54, 1.807) is 6.08 Å². The highest BCUT2D eigenvalue weighted by Gasteiger charge is 2.18. The molecule has 494 valence electrons.